The molecule has 0 amide bonds. The van der Waals surface area contributed by atoms with Crippen LogP contribution in [0.2, 0.25) is 5.15 Å². The summed E-state index contributed by atoms with van der Waals surface area (Å²) in [4.78, 5) is 18.7. The van der Waals surface area contributed by atoms with Crippen molar-refractivity contribution in [2.75, 3.05) is 0 Å². The molecular formula is C15H10ClN3O4S. The lowest BCUT2D eigenvalue weighted by Gasteiger charge is -2.03. The molecule has 3 aromatic rings. The fourth-order valence-electron chi connectivity index (χ4n) is 2.11. The molecule has 7 nitrogen and oxygen atoms in total. The summed E-state index contributed by atoms with van der Waals surface area (Å²) in [6, 6.07) is 5.97. The number of thiazole rings is 1. The van der Waals surface area contributed by atoms with Gasteiger partial charge in [-0.05, 0) is 25.1 Å². The number of aromatic hydroxyl groups is 2. The van der Waals surface area contributed by atoms with E-state index >= 15 is 0 Å². The predicted molar refractivity (Wildman–Crippen MR) is 90.5 cm³/mol. The molecule has 0 atom stereocenters. The van der Waals surface area contributed by atoms with Crippen LogP contribution in [0.15, 0.2) is 29.6 Å². The minimum Gasteiger partial charge on any atom is -0.504 e. The number of nitrogens with zero attached hydrogens (tertiary/aromatic N) is 3. The summed E-state index contributed by atoms with van der Waals surface area (Å²) in [5, 5.41) is 32.8. The van der Waals surface area contributed by atoms with E-state index in [1.807, 2.05) is 6.92 Å². The molecule has 0 unspecified atom stereocenters. The highest BCUT2D eigenvalue weighted by Gasteiger charge is 2.21. The van der Waals surface area contributed by atoms with Gasteiger partial charge in [0.05, 0.1) is 10.6 Å². The molecule has 0 saturated carbocycles. The van der Waals surface area contributed by atoms with Crippen molar-refractivity contribution in [3.05, 3.63) is 50.6 Å². The number of pyridine rings is 1. The number of phenolic OH excluding ortho intramolecular Hbond substituents is 2. The van der Waals surface area contributed by atoms with E-state index < -0.39 is 22.1 Å². The quantitative estimate of drug-likeness (QED) is 0.313. The molecule has 0 saturated heterocycles. The molecule has 3 rings (SSSR count). The standard InChI is InChI=1S/C15H10ClN3O4S/c1-7-2-3-9(14(16)17-7)15-18-10(6-24-15)8-4-11(19(22)23)13(21)12(20)5-8/h2-6,20-21H,1H3. The van der Waals surface area contributed by atoms with Crippen LogP contribution in [0, 0.1) is 17.0 Å². The van der Waals surface area contributed by atoms with Crippen LogP contribution in [-0.2, 0) is 0 Å². The van der Waals surface area contributed by atoms with Crippen LogP contribution in [0.3, 0.4) is 0 Å². The van der Waals surface area contributed by atoms with Crippen LogP contribution in [0.5, 0.6) is 11.5 Å². The molecule has 2 N–H and O–H groups in total. The first-order valence-corrected chi connectivity index (χ1v) is 7.92. The fourth-order valence-corrected chi connectivity index (χ4v) is 3.30. The number of hydrogen-bond donors (Lipinski definition) is 2. The van der Waals surface area contributed by atoms with Gasteiger partial charge in [-0.2, -0.15) is 0 Å². The highest BCUT2D eigenvalue weighted by Crippen LogP contribution is 2.40. The van der Waals surface area contributed by atoms with Gasteiger partial charge in [0.2, 0.25) is 5.75 Å². The maximum absolute atomic E-state index is 11.0. The Morgan fingerprint density at radius 1 is 1.25 bits per heavy atom. The fraction of sp³-hybridized carbons (Fsp3) is 0.0667. The van der Waals surface area contributed by atoms with Gasteiger partial charge in [-0.15, -0.1) is 11.3 Å². The zero-order chi connectivity index (χ0) is 17.4. The first kappa shape index (κ1) is 16.2. The van der Waals surface area contributed by atoms with Crippen LogP contribution in [0.25, 0.3) is 21.8 Å². The highest BCUT2D eigenvalue weighted by atomic mass is 35.5. The third-order valence-corrected chi connectivity index (χ3v) is 4.45. The van der Waals surface area contributed by atoms with Crippen molar-refractivity contribution in [2.45, 2.75) is 6.92 Å². The largest absolute Gasteiger partial charge is 0.504 e. The molecule has 122 valence electrons. The Morgan fingerprint density at radius 3 is 2.67 bits per heavy atom. The molecular weight excluding hydrogens is 354 g/mol. The third-order valence-electron chi connectivity index (χ3n) is 3.28. The number of nitro groups is 1. The van der Waals surface area contributed by atoms with Gasteiger partial charge in [-0.25, -0.2) is 9.97 Å². The average molecular weight is 364 g/mol. The van der Waals surface area contributed by atoms with Gasteiger partial charge in [-0.1, -0.05) is 11.6 Å². The minimum absolute atomic E-state index is 0.315. The number of aromatic nitrogens is 2. The average Bonchev–Trinajstić information content (AvgIpc) is 2.99. The van der Waals surface area contributed by atoms with Crippen molar-refractivity contribution in [2.24, 2.45) is 0 Å². The van der Waals surface area contributed by atoms with Crippen molar-refractivity contribution < 1.29 is 15.1 Å². The van der Waals surface area contributed by atoms with Crippen LogP contribution in [0.1, 0.15) is 5.69 Å². The molecule has 2 heterocycles. The Morgan fingerprint density at radius 2 is 2.00 bits per heavy atom. The summed E-state index contributed by atoms with van der Waals surface area (Å²) in [7, 11) is 0. The van der Waals surface area contributed by atoms with Crippen LogP contribution >= 0.6 is 22.9 Å². The molecule has 24 heavy (non-hydrogen) atoms. The highest BCUT2D eigenvalue weighted by molar-refractivity contribution is 7.13. The molecule has 0 radical (unpaired) electrons. The molecule has 0 aliphatic carbocycles. The number of nitro benzene ring substituents is 1. The normalized spacial score (nSPS) is 10.8. The summed E-state index contributed by atoms with van der Waals surface area (Å²) in [5.74, 6) is -1.35. The number of hydrogen-bond acceptors (Lipinski definition) is 7. The smallest absolute Gasteiger partial charge is 0.315 e. The summed E-state index contributed by atoms with van der Waals surface area (Å²) < 4.78 is 0. The number of aryl methyl sites for hydroxylation is 1. The van der Waals surface area contributed by atoms with E-state index in [4.69, 9.17) is 11.6 Å². The van der Waals surface area contributed by atoms with Gasteiger partial charge in [0.1, 0.15) is 10.2 Å². The summed E-state index contributed by atoms with van der Waals surface area (Å²) in [6.45, 7) is 1.82. The van der Waals surface area contributed by atoms with E-state index in [2.05, 4.69) is 9.97 Å². The topological polar surface area (TPSA) is 109 Å². The van der Waals surface area contributed by atoms with Crippen LogP contribution in [0.4, 0.5) is 5.69 Å². The second-order valence-electron chi connectivity index (χ2n) is 4.95. The van der Waals surface area contributed by atoms with Gasteiger partial charge < -0.3 is 10.2 Å². The summed E-state index contributed by atoms with van der Waals surface area (Å²) in [6.07, 6.45) is 0. The molecule has 0 bridgehead atoms. The molecule has 0 spiro atoms. The number of rotatable bonds is 3. The zero-order valence-corrected chi connectivity index (χ0v) is 13.8. The molecule has 0 fully saturated rings. The second kappa shape index (κ2) is 6.06. The first-order valence-electron chi connectivity index (χ1n) is 6.66. The van der Waals surface area contributed by atoms with Crippen molar-refractivity contribution in [1.29, 1.82) is 0 Å². The molecule has 9 heteroatoms. The van der Waals surface area contributed by atoms with Crippen LogP contribution < -0.4 is 0 Å². The lowest BCUT2D eigenvalue weighted by molar-refractivity contribution is -0.385. The van der Waals surface area contributed by atoms with E-state index in [9.17, 15) is 20.3 Å². The first-order chi connectivity index (χ1) is 11.4. The van der Waals surface area contributed by atoms with Gasteiger partial charge in [0, 0.05) is 28.3 Å². The minimum atomic E-state index is -0.773. The lowest BCUT2D eigenvalue weighted by atomic mass is 10.1. The third kappa shape index (κ3) is 2.89. The van der Waals surface area contributed by atoms with E-state index in [1.165, 1.54) is 17.4 Å². The van der Waals surface area contributed by atoms with Crippen molar-refractivity contribution in [3.63, 3.8) is 0 Å². The summed E-state index contributed by atoms with van der Waals surface area (Å²) >= 11 is 7.42. The molecule has 1 aromatic carbocycles. The van der Waals surface area contributed by atoms with Gasteiger partial charge in [0.15, 0.2) is 5.75 Å². The Hall–Kier alpha value is -2.71. The van der Waals surface area contributed by atoms with E-state index in [1.54, 1.807) is 17.5 Å². The molecule has 2 aromatic heterocycles. The van der Waals surface area contributed by atoms with Gasteiger partial charge in [0.25, 0.3) is 0 Å². The van der Waals surface area contributed by atoms with E-state index in [0.29, 0.717) is 27.0 Å². The zero-order valence-electron chi connectivity index (χ0n) is 12.2. The van der Waals surface area contributed by atoms with Crippen LogP contribution in [-0.4, -0.2) is 25.1 Å². The Balaban J connectivity index is 2.07. The Kier molecular flexibility index (Phi) is 4.08. The number of halogens is 1. The van der Waals surface area contributed by atoms with Crippen molar-refractivity contribution in [3.8, 4) is 33.3 Å². The van der Waals surface area contributed by atoms with Gasteiger partial charge in [-0.3, -0.25) is 10.1 Å². The predicted octanol–water partition coefficient (Wildman–Crippen LogP) is 4.15. The second-order valence-corrected chi connectivity index (χ2v) is 6.17. The molecule has 0 aliphatic rings. The SMILES string of the molecule is Cc1ccc(-c2nc(-c3cc(O)c(O)c([N+](=O)[O-])c3)cs2)c(Cl)n1. The number of benzene rings is 1. The van der Waals surface area contributed by atoms with Gasteiger partial charge >= 0.3 is 5.69 Å². The lowest BCUT2D eigenvalue weighted by Crippen LogP contribution is -1.90. The maximum Gasteiger partial charge on any atom is 0.315 e. The Bertz CT molecular complexity index is 958. The summed E-state index contributed by atoms with van der Waals surface area (Å²) in [5.41, 5.74) is 1.57. The number of phenols is 2. The van der Waals surface area contributed by atoms with E-state index in [0.717, 1.165) is 11.8 Å². The maximum atomic E-state index is 11.0. The monoisotopic (exact) mass is 363 g/mol. The van der Waals surface area contributed by atoms with Crippen molar-refractivity contribution in [1.82, 2.24) is 9.97 Å². The molecule has 0 aliphatic heterocycles. The van der Waals surface area contributed by atoms with Crippen molar-refractivity contribution >= 4 is 28.6 Å². The van der Waals surface area contributed by atoms with E-state index in [-0.39, 0.29) is 0 Å². The Labute approximate surface area is 145 Å².